The van der Waals surface area contributed by atoms with E-state index >= 15 is 0 Å². The number of carbonyl (C=O) groups is 2. The van der Waals surface area contributed by atoms with Crippen molar-refractivity contribution in [2.45, 2.75) is 32.8 Å². The molecule has 2 amide bonds. The van der Waals surface area contributed by atoms with E-state index in [1.165, 1.54) is 0 Å². The number of nitrogens with one attached hydrogen (secondary N) is 2. The van der Waals surface area contributed by atoms with Gasteiger partial charge in [-0.2, -0.15) is 0 Å². The summed E-state index contributed by atoms with van der Waals surface area (Å²) in [5.41, 5.74) is 5.15. The van der Waals surface area contributed by atoms with Crippen LogP contribution in [0.4, 0.5) is 0 Å². The Bertz CT molecular complexity index is 828. The van der Waals surface area contributed by atoms with Crippen molar-refractivity contribution in [3.8, 4) is 11.5 Å². The molecule has 28 heavy (non-hydrogen) atoms. The second kappa shape index (κ2) is 10.8. The molecule has 2 N–H and O–H groups in total. The van der Waals surface area contributed by atoms with Crippen molar-refractivity contribution in [2.24, 2.45) is 0 Å². The van der Waals surface area contributed by atoms with E-state index in [0.717, 1.165) is 0 Å². The summed E-state index contributed by atoms with van der Waals surface area (Å²) in [5, 5.41) is 0.932. The van der Waals surface area contributed by atoms with Gasteiger partial charge in [-0.25, -0.2) is 0 Å². The van der Waals surface area contributed by atoms with Gasteiger partial charge in [0, 0.05) is 17.0 Å². The zero-order valence-electron chi connectivity index (χ0n) is 15.6. The van der Waals surface area contributed by atoms with Crippen LogP contribution in [0.25, 0.3) is 0 Å². The number of hydrogen-bond donors (Lipinski definition) is 2. The normalized spacial score (nSPS) is 10.5. The van der Waals surface area contributed by atoms with E-state index in [2.05, 4.69) is 10.9 Å². The molecule has 0 radical (unpaired) electrons. The SMILES string of the molecule is CC(C)Oc1cccc(C(=O)NNC(=O)CCCOc2ccc(Cl)cc2Cl)c1. The number of ether oxygens (including phenoxy) is 2. The lowest BCUT2D eigenvalue weighted by Crippen LogP contribution is -2.41. The molecule has 0 fully saturated rings. The Kier molecular flexibility index (Phi) is 8.42. The van der Waals surface area contributed by atoms with Crippen molar-refractivity contribution in [3.05, 3.63) is 58.1 Å². The molecular weight excluding hydrogens is 403 g/mol. The van der Waals surface area contributed by atoms with Crippen LogP contribution in [0.3, 0.4) is 0 Å². The molecular formula is C20H22Cl2N2O4. The quantitative estimate of drug-likeness (QED) is 0.486. The largest absolute Gasteiger partial charge is 0.492 e. The molecule has 0 saturated carbocycles. The van der Waals surface area contributed by atoms with Gasteiger partial charge >= 0.3 is 0 Å². The van der Waals surface area contributed by atoms with E-state index in [0.29, 0.717) is 40.1 Å². The lowest BCUT2D eigenvalue weighted by Gasteiger charge is -2.11. The molecule has 2 aromatic rings. The third kappa shape index (κ3) is 7.29. The number of hydrazine groups is 1. The van der Waals surface area contributed by atoms with Crippen molar-refractivity contribution in [1.29, 1.82) is 0 Å². The first-order valence-corrected chi connectivity index (χ1v) is 9.54. The van der Waals surface area contributed by atoms with Gasteiger partial charge in [0.05, 0.1) is 17.7 Å². The summed E-state index contributed by atoms with van der Waals surface area (Å²) in [6.07, 6.45) is 0.642. The summed E-state index contributed by atoms with van der Waals surface area (Å²) in [6, 6.07) is 11.7. The van der Waals surface area contributed by atoms with Gasteiger partial charge in [-0.15, -0.1) is 0 Å². The highest BCUT2D eigenvalue weighted by molar-refractivity contribution is 6.35. The average molecular weight is 425 g/mol. The van der Waals surface area contributed by atoms with E-state index in [9.17, 15) is 9.59 Å². The molecule has 0 spiro atoms. The van der Waals surface area contributed by atoms with Crippen LogP contribution in [-0.2, 0) is 4.79 Å². The second-order valence-electron chi connectivity index (χ2n) is 6.22. The Hall–Kier alpha value is -2.44. The first-order valence-electron chi connectivity index (χ1n) is 8.79. The fraction of sp³-hybridized carbons (Fsp3) is 0.300. The number of carbonyl (C=O) groups excluding carboxylic acids is 2. The summed E-state index contributed by atoms with van der Waals surface area (Å²) < 4.78 is 11.1. The highest BCUT2D eigenvalue weighted by atomic mass is 35.5. The van der Waals surface area contributed by atoms with Gasteiger partial charge < -0.3 is 9.47 Å². The molecule has 0 heterocycles. The standard InChI is InChI=1S/C20H22Cl2N2O4/c1-13(2)28-16-6-3-5-14(11-16)20(26)24-23-19(25)7-4-10-27-18-9-8-15(21)12-17(18)22/h3,5-6,8-9,11-13H,4,7,10H2,1-2H3,(H,23,25)(H,24,26). The smallest absolute Gasteiger partial charge is 0.269 e. The summed E-state index contributed by atoms with van der Waals surface area (Å²) in [4.78, 5) is 24.0. The van der Waals surface area contributed by atoms with Crippen molar-refractivity contribution in [1.82, 2.24) is 10.9 Å². The topological polar surface area (TPSA) is 76.7 Å². The highest BCUT2D eigenvalue weighted by Gasteiger charge is 2.09. The van der Waals surface area contributed by atoms with Crippen LogP contribution < -0.4 is 20.3 Å². The Balaban J connectivity index is 1.71. The van der Waals surface area contributed by atoms with E-state index in [4.69, 9.17) is 32.7 Å². The third-order valence-corrected chi connectivity index (χ3v) is 4.01. The van der Waals surface area contributed by atoms with Crippen LogP contribution in [0.5, 0.6) is 11.5 Å². The van der Waals surface area contributed by atoms with Gasteiger partial charge in [0.2, 0.25) is 5.91 Å². The van der Waals surface area contributed by atoms with Crippen LogP contribution in [0, 0.1) is 0 Å². The first kappa shape index (κ1) is 21.9. The molecule has 0 aromatic heterocycles. The molecule has 150 valence electrons. The van der Waals surface area contributed by atoms with E-state index in [1.807, 2.05) is 13.8 Å². The molecule has 8 heteroatoms. The van der Waals surface area contributed by atoms with Crippen LogP contribution in [0.15, 0.2) is 42.5 Å². The monoisotopic (exact) mass is 424 g/mol. The molecule has 0 aliphatic heterocycles. The zero-order chi connectivity index (χ0) is 20.5. The number of halogens is 2. The summed E-state index contributed by atoms with van der Waals surface area (Å²) >= 11 is 11.8. The summed E-state index contributed by atoms with van der Waals surface area (Å²) in [6.45, 7) is 4.10. The van der Waals surface area contributed by atoms with Gasteiger partial charge in [-0.3, -0.25) is 20.4 Å². The zero-order valence-corrected chi connectivity index (χ0v) is 17.1. The van der Waals surface area contributed by atoms with Crippen molar-refractivity contribution < 1.29 is 19.1 Å². The Morgan fingerprint density at radius 3 is 2.57 bits per heavy atom. The van der Waals surface area contributed by atoms with Crippen molar-refractivity contribution in [2.75, 3.05) is 6.61 Å². The minimum Gasteiger partial charge on any atom is -0.492 e. The Labute approximate surface area is 174 Å². The molecule has 0 aliphatic rings. The van der Waals surface area contributed by atoms with E-state index in [-0.39, 0.29) is 18.4 Å². The number of amides is 2. The van der Waals surface area contributed by atoms with Gasteiger partial charge in [0.15, 0.2) is 0 Å². The average Bonchev–Trinajstić information content (AvgIpc) is 2.64. The van der Waals surface area contributed by atoms with Crippen LogP contribution in [0.2, 0.25) is 10.0 Å². The van der Waals surface area contributed by atoms with Crippen LogP contribution in [-0.4, -0.2) is 24.5 Å². The molecule has 6 nitrogen and oxygen atoms in total. The van der Waals surface area contributed by atoms with Gasteiger partial charge in [0.1, 0.15) is 11.5 Å². The second-order valence-corrected chi connectivity index (χ2v) is 7.07. The highest BCUT2D eigenvalue weighted by Crippen LogP contribution is 2.27. The van der Waals surface area contributed by atoms with Crippen LogP contribution in [0.1, 0.15) is 37.0 Å². The molecule has 0 aliphatic carbocycles. The molecule has 2 aromatic carbocycles. The van der Waals surface area contributed by atoms with E-state index < -0.39 is 5.91 Å². The Morgan fingerprint density at radius 2 is 1.86 bits per heavy atom. The first-order chi connectivity index (χ1) is 13.3. The van der Waals surface area contributed by atoms with Crippen molar-refractivity contribution in [3.63, 3.8) is 0 Å². The maximum atomic E-state index is 12.1. The number of hydrogen-bond acceptors (Lipinski definition) is 4. The van der Waals surface area contributed by atoms with Crippen LogP contribution >= 0.6 is 23.2 Å². The summed E-state index contributed by atoms with van der Waals surface area (Å²) in [5.74, 6) is 0.343. The molecule has 0 bridgehead atoms. The van der Waals surface area contributed by atoms with Crippen molar-refractivity contribution >= 4 is 35.0 Å². The Morgan fingerprint density at radius 1 is 1.07 bits per heavy atom. The molecule has 0 atom stereocenters. The number of rotatable bonds is 8. The number of benzene rings is 2. The fourth-order valence-electron chi connectivity index (χ4n) is 2.25. The fourth-order valence-corrected chi connectivity index (χ4v) is 2.71. The van der Waals surface area contributed by atoms with Gasteiger partial charge in [0.25, 0.3) is 5.91 Å². The molecule has 0 saturated heterocycles. The van der Waals surface area contributed by atoms with E-state index in [1.54, 1.807) is 42.5 Å². The van der Waals surface area contributed by atoms with Gasteiger partial charge in [-0.05, 0) is 56.7 Å². The lowest BCUT2D eigenvalue weighted by molar-refractivity contribution is -0.122. The lowest BCUT2D eigenvalue weighted by atomic mass is 10.2. The predicted molar refractivity (Wildman–Crippen MR) is 109 cm³/mol. The third-order valence-electron chi connectivity index (χ3n) is 3.48. The van der Waals surface area contributed by atoms with Gasteiger partial charge in [-0.1, -0.05) is 29.3 Å². The predicted octanol–water partition coefficient (Wildman–Crippen LogP) is 4.40. The minimum absolute atomic E-state index is 0.00277. The minimum atomic E-state index is -0.424. The maximum absolute atomic E-state index is 12.1. The summed E-state index contributed by atoms with van der Waals surface area (Å²) in [7, 11) is 0. The molecule has 2 rings (SSSR count). The molecule has 0 unspecified atom stereocenters. The maximum Gasteiger partial charge on any atom is 0.269 e.